The van der Waals surface area contributed by atoms with E-state index >= 15 is 0 Å². The molecule has 166 valence electrons. The first kappa shape index (κ1) is 21.9. The molecule has 0 saturated carbocycles. The molecule has 1 aromatic heterocycles. The summed E-state index contributed by atoms with van der Waals surface area (Å²) in [6, 6.07) is 20.3. The van der Waals surface area contributed by atoms with Crippen LogP contribution >= 0.6 is 0 Å². The van der Waals surface area contributed by atoms with Crippen LogP contribution in [0.1, 0.15) is 21.5 Å². The summed E-state index contributed by atoms with van der Waals surface area (Å²) in [7, 11) is 3.14. The van der Waals surface area contributed by atoms with Gasteiger partial charge in [-0.3, -0.25) is 9.36 Å². The summed E-state index contributed by atoms with van der Waals surface area (Å²) in [6.07, 6.45) is 4.96. The first-order chi connectivity index (χ1) is 16.0. The van der Waals surface area contributed by atoms with E-state index < -0.39 is 0 Å². The van der Waals surface area contributed by atoms with Gasteiger partial charge in [-0.2, -0.15) is 0 Å². The van der Waals surface area contributed by atoms with Crippen molar-refractivity contribution in [2.45, 2.75) is 6.92 Å². The van der Waals surface area contributed by atoms with Crippen LogP contribution in [0, 0.1) is 6.92 Å². The van der Waals surface area contributed by atoms with Gasteiger partial charge in [0.05, 0.1) is 25.6 Å². The number of nitrogens with one attached hydrogen (secondary N) is 1. The van der Waals surface area contributed by atoms with Crippen LogP contribution in [0.5, 0.6) is 11.5 Å². The van der Waals surface area contributed by atoms with Gasteiger partial charge >= 0.3 is 5.69 Å². The van der Waals surface area contributed by atoms with Gasteiger partial charge in [-0.1, -0.05) is 54.1 Å². The Morgan fingerprint density at radius 3 is 2.42 bits per heavy atom. The van der Waals surface area contributed by atoms with Crippen LogP contribution in [-0.4, -0.2) is 29.6 Å². The van der Waals surface area contributed by atoms with Crippen molar-refractivity contribution in [3.05, 3.63) is 106 Å². The molecule has 0 aliphatic rings. The number of imidazole rings is 1. The first-order valence-electron chi connectivity index (χ1n) is 10.4. The van der Waals surface area contributed by atoms with Crippen molar-refractivity contribution in [3.63, 3.8) is 0 Å². The number of methoxy groups -OCH3 is 2. The SMILES string of the molecule is COc1ccc(/C=C/C(=O)c2cccc(-n3cc(-c4ccc(C)cc4)[nH]c3=O)c2)cc1OC. The van der Waals surface area contributed by atoms with Crippen molar-refractivity contribution >= 4 is 11.9 Å². The Hall–Kier alpha value is -4.32. The minimum atomic E-state index is -0.268. The van der Waals surface area contributed by atoms with E-state index in [2.05, 4.69) is 4.98 Å². The summed E-state index contributed by atoms with van der Waals surface area (Å²) in [5, 5.41) is 0. The van der Waals surface area contributed by atoms with Crippen molar-refractivity contribution in [3.8, 4) is 28.4 Å². The molecule has 1 N–H and O–H groups in total. The van der Waals surface area contributed by atoms with Gasteiger partial charge in [0.1, 0.15) is 0 Å². The maximum atomic E-state index is 12.8. The fraction of sp³-hybridized carbons (Fsp3) is 0.111. The number of aryl methyl sites for hydroxylation is 1. The summed E-state index contributed by atoms with van der Waals surface area (Å²) in [5.41, 5.74) is 4.41. The quantitative estimate of drug-likeness (QED) is 0.322. The molecule has 4 aromatic rings. The molecular weight excluding hydrogens is 416 g/mol. The Bertz CT molecular complexity index is 1380. The van der Waals surface area contributed by atoms with E-state index in [9.17, 15) is 9.59 Å². The third-order valence-electron chi connectivity index (χ3n) is 5.32. The lowest BCUT2D eigenvalue weighted by Gasteiger charge is -2.07. The third-order valence-corrected chi connectivity index (χ3v) is 5.32. The van der Waals surface area contributed by atoms with Gasteiger partial charge in [-0.25, -0.2) is 4.79 Å². The second-order valence-electron chi connectivity index (χ2n) is 7.57. The number of H-pyrrole nitrogens is 1. The summed E-state index contributed by atoms with van der Waals surface area (Å²) >= 11 is 0. The average Bonchev–Trinajstić information content (AvgIpc) is 3.24. The van der Waals surface area contributed by atoms with Crippen LogP contribution < -0.4 is 15.2 Å². The van der Waals surface area contributed by atoms with E-state index in [1.54, 1.807) is 62.9 Å². The van der Waals surface area contributed by atoms with Crippen molar-refractivity contribution in [2.24, 2.45) is 0 Å². The van der Waals surface area contributed by atoms with Gasteiger partial charge in [-0.05, 0) is 48.4 Å². The fourth-order valence-electron chi connectivity index (χ4n) is 3.50. The van der Waals surface area contributed by atoms with Gasteiger partial charge < -0.3 is 14.5 Å². The lowest BCUT2D eigenvalue weighted by Crippen LogP contribution is -2.14. The second-order valence-corrected chi connectivity index (χ2v) is 7.57. The molecule has 0 unspecified atom stereocenters. The molecule has 0 amide bonds. The maximum absolute atomic E-state index is 12.8. The summed E-state index contributed by atoms with van der Waals surface area (Å²) in [5.74, 6) is 1.04. The number of carbonyl (C=O) groups excluding carboxylic acids is 1. The molecular formula is C27H24N2O4. The zero-order valence-electron chi connectivity index (χ0n) is 18.7. The number of hydrogen-bond donors (Lipinski definition) is 1. The Balaban J connectivity index is 1.58. The highest BCUT2D eigenvalue weighted by atomic mass is 16.5. The molecule has 0 aliphatic heterocycles. The largest absolute Gasteiger partial charge is 0.493 e. The molecule has 6 nitrogen and oxygen atoms in total. The number of ether oxygens (including phenoxy) is 2. The zero-order chi connectivity index (χ0) is 23.4. The highest BCUT2D eigenvalue weighted by Crippen LogP contribution is 2.28. The number of carbonyl (C=O) groups is 1. The predicted octanol–water partition coefficient (Wildman–Crippen LogP) is 5.05. The van der Waals surface area contributed by atoms with Crippen LogP contribution in [-0.2, 0) is 0 Å². The van der Waals surface area contributed by atoms with Gasteiger partial charge in [0.25, 0.3) is 0 Å². The molecule has 6 heteroatoms. The van der Waals surface area contributed by atoms with Crippen LogP contribution in [0.2, 0.25) is 0 Å². The molecule has 0 saturated heterocycles. The zero-order valence-corrected chi connectivity index (χ0v) is 18.7. The van der Waals surface area contributed by atoms with E-state index in [4.69, 9.17) is 9.47 Å². The van der Waals surface area contributed by atoms with Crippen LogP contribution in [0.25, 0.3) is 23.0 Å². The lowest BCUT2D eigenvalue weighted by molar-refractivity contribution is 0.104. The number of ketones is 1. The predicted molar refractivity (Wildman–Crippen MR) is 129 cm³/mol. The van der Waals surface area contributed by atoms with E-state index in [1.165, 1.54) is 10.6 Å². The van der Waals surface area contributed by atoms with E-state index in [0.717, 1.165) is 16.7 Å². The molecule has 0 aliphatic carbocycles. The number of allylic oxidation sites excluding steroid dienone is 1. The molecule has 33 heavy (non-hydrogen) atoms. The van der Waals surface area contributed by atoms with Gasteiger partial charge in [-0.15, -0.1) is 0 Å². The van der Waals surface area contributed by atoms with Crippen LogP contribution in [0.4, 0.5) is 0 Å². The number of nitrogens with zero attached hydrogens (tertiary/aromatic N) is 1. The average molecular weight is 440 g/mol. The molecule has 1 heterocycles. The molecule has 3 aromatic carbocycles. The number of hydrogen-bond acceptors (Lipinski definition) is 4. The van der Waals surface area contributed by atoms with E-state index in [-0.39, 0.29) is 11.5 Å². The number of aromatic nitrogens is 2. The van der Waals surface area contributed by atoms with Gasteiger partial charge in [0.2, 0.25) is 0 Å². The Morgan fingerprint density at radius 1 is 0.939 bits per heavy atom. The fourth-order valence-corrected chi connectivity index (χ4v) is 3.50. The molecule has 0 radical (unpaired) electrons. The van der Waals surface area contributed by atoms with E-state index in [1.807, 2.05) is 37.3 Å². The molecule has 0 spiro atoms. The smallest absolute Gasteiger partial charge is 0.330 e. The summed E-state index contributed by atoms with van der Waals surface area (Å²) < 4.78 is 12.0. The Labute approximate surface area is 191 Å². The minimum absolute atomic E-state index is 0.172. The lowest BCUT2D eigenvalue weighted by atomic mass is 10.1. The second kappa shape index (κ2) is 9.44. The molecule has 0 bridgehead atoms. The van der Waals surface area contributed by atoms with E-state index in [0.29, 0.717) is 28.4 Å². The van der Waals surface area contributed by atoms with Crippen molar-refractivity contribution in [1.82, 2.24) is 9.55 Å². The maximum Gasteiger partial charge on any atom is 0.330 e. The van der Waals surface area contributed by atoms with Gasteiger partial charge in [0.15, 0.2) is 17.3 Å². The normalized spacial score (nSPS) is 11.0. The van der Waals surface area contributed by atoms with Crippen molar-refractivity contribution in [1.29, 1.82) is 0 Å². The van der Waals surface area contributed by atoms with Crippen molar-refractivity contribution < 1.29 is 14.3 Å². The summed E-state index contributed by atoms with van der Waals surface area (Å²) in [6.45, 7) is 2.01. The minimum Gasteiger partial charge on any atom is -0.493 e. The summed E-state index contributed by atoms with van der Waals surface area (Å²) in [4.78, 5) is 28.2. The highest BCUT2D eigenvalue weighted by Gasteiger charge is 2.10. The monoisotopic (exact) mass is 440 g/mol. The topological polar surface area (TPSA) is 73.3 Å². The number of benzene rings is 3. The number of aromatic amines is 1. The first-order valence-corrected chi connectivity index (χ1v) is 10.4. The molecule has 4 rings (SSSR count). The van der Waals surface area contributed by atoms with Gasteiger partial charge in [0, 0.05) is 11.8 Å². The van der Waals surface area contributed by atoms with Crippen LogP contribution in [0.3, 0.4) is 0 Å². The van der Waals surface area contributed by atoms with Crippen molar-refractivity contribution in [2.75, 3.05) is 14.2 Å². The highest BCUT2D eigenvalue weighted by molar-refractivity contribution is 6.07. The molecule has 0 atom stereocenters. The third kappa shape index (κ3) is 4.80. The molecule has 0 fully saturated rings. The standard InChI is InChI=1S/C27H24N2O4/c1-18-7-11-20(12-8-18)23-17-29(27(31)28-23)22-6-4-5-21(16-22)24(30)13-9-19-10-14-25(32-2)26(15-19)33-3/h4-17H,1-3H3,(H,28,31)/b13-9+. The Kier molecular flexibility index (Phi) is 6.26. The van der Waals surface area contributed by atoms with Crippen LogP contribution in [0.15, 0.2) is 83.8 Å². The Morgan fingerprint density at radius 2 is 1.70 bits per heavy atom. The number of rotatable bonds is 7.